The van der Waals surface area contributed by atoms with Gasteiger partial charge < -0.3 is 19.7 Å². The molecule has 2 aliphatic heterocycles. The molecule has 202 valence electrons. The van der Waals surface area contributed by atoms with Crippen LogP contribution in [0.5, 0.6) is 0 Å². The molecule has 1 aromatic heterocycles. The molecule has 0 unspecified atom stereocenters. The van der Waals surface area contributed by atoms with Crippen LogP contribution in [0.25, 0.3) is 11.0 Å². The fourth-order valence-corrected chi connectivity index (χ4v) is 5.39. The van der Waals surface area contributed by atoms with Gasteiger partial charge in [-0.2, -0.15) is 0 Å². The predicted octanol–water partition coefficient (Wildman–Crippen LogP) is 3.39. The smallest absolute Gasteiger partial charge is 0.414 e. The van der Waals surface area contributed by atoms with E-state index in [9.17, 15) is 4.79 Å². The summed E-state index contributed by atoms with van der Waals surface area (Å²) >= 11 is 0. The second-order valence-corrected chi connectivity index (χ2v) is 10.2. The molecular weight excluding hydrogens is 484 g/mol. The van der Waals surface area contributed by atoms with Crippen LogP contribution < -0.4 is 0 Å². The maximum absolute atomic E-state index is 12.9. The molecule has 38 heavy (non-hydrogen) atoms. The number of aliphatic carboxylic acids is 2. The molecule has 2 saturated heterocycles. The third-order valence-corrected chi connectivity index (χ3v) is 7.57. The van der Waals surface area contributed by atoms with Crippen LogP contribution in [0.1, 0.15) is 31.2 Å². The Morgan fingerprint density at radius 3 is 2.05 bits per heavy atom. The summed E-state index contributed by atoms with van der Waals surface area (Å²) in [5, 5.41) is 14.8. The lowest BCUT2D eigenvalue weighted by atomic mass is 9.90. The fraction of sp³-hybridized carbons (Fsp3) is 0.448. The number of carboxylic acids is 2. The predicted molar refractivity (Wildman–Crippen MR) is 144 cm³/mol. The van der Waals surface area contributed by atoms with Gasteiger partial charge in [0.2, 0.25) is 5.91 Å². The number of fused-ring (bicyclic) bond motifs is 1. The van der Waals surface area contributed by atoms with Crippen LogP contribution in [0.15, 0.2) is 60.9 Å². The number of likely N-dealkylation sites (tertiary alicyclic amines) is 2. The van der Waals surface area contributed by atoms with E-state index in [-0.39, 0.29) is 0 Å². The van der Waals surface area contributed by atoms with Gasteiger partial charge in [-0.05, 0) is 74.7 Å². The van der Waals surface area contributed by atoms with Gasteiger partial charge in [-0.15, -0.1) is 0 Å². The van der Waals surface area contributed by atoms with Crippen molar-refractivity contribution in [3.05, 3.63) is 66.5 Å². The molecule has 3 aromatic rings. The molecule has 2 fully saturated rings. The summed E-state index contributed by atoms with van der Waals surface area (Å²) in [5.74, 6) is -1.96. The van der Waals surface area contributed by atoms with Crippen LogP contribution >= 0.6 is 0 Å². The second kappa shape index (κ2) is 13.2. The standard InChI is InChI=1S/C27H34N4O.C2H2O4/c32-27(30-16-12-23(13-17-30)18-22-6-2-1-3-7-22)20-29-14-10-24(11-15-29)19-31-21-28-25-8-4-5-9-26(25)31;3-1(4)2(5)6/h1-9,21,23-24H,10-20H2;(H,3,4)(H,5,6). The number of piperidine rings is 2. The number of para-hydroxylation sites is 2. The number of amides is 1. The van der Waals surface area contributed by atoms with E-state index in [1.165, 1.54) is 11.1 Å². The fourth-order valence-electron chi connectivity index (χ4n) is 5.39. The number of hydrogen-bond acceptors (Lipinski definition) is 5. The van der Waals surface area contributed by atoms with Crippen molar-refractivity contribution in [2.24, 2.45) is 11.8 Å². The van der Waals surface area contributed by atoms with Crippen molar-refractivity contribution in [2.75, 3.05) is 32.7 Å². The average molecular weight is 521 g/mol. The van der Waals surface area contributed by atoms with Gasteiger partial charge in [0.05, 0.1) is 23.9 Å². The summed E-state index contributed by atoms with van der Waals surface area (Å²) in [7, 11) is 0. The van der Waals surface area contributed by atoms with Crippen molar-refractivity contribution in [1.82, 2.24) is 19.4 Å². The molecular formula is C29H36N4O5. The quantitative estimate of drug-likeness (QED) is 0.479. The van der Waals surface area contributed by atoms with E-state index in [1.807, 2.05) is 12.4 Å². The highest BCUT2D eigenvalue weighted by Crippen LogP contribution is 2.24. The van der Waals surface area contributed by atoms with E-state index in [0.29, 0.717) is 24.3 Å². The van der Waals surface area contributed by atoms with Gasteiger partial charge in [0.15, 0.2) is 0 Å². The first-order chi connectivity index (χ1) is 18.4. The molecule has 9 nitrogen and oxygen atoms in total. The van der Waals surface area contributed by atoms with Crippen LogP contribution in [0.3, 0.4) is 0 Å². The topological polar surface area (TPSA) is 116 Å². The van der Waals surface area contributed by atoms with Crippen LogP contribution in [0.4, 0.5) is 0 Å². The van der Waals surface area contributed by atoms with Gasteiger partial charge in [0.1, 0.15) is 0 Å². The Labute approximate surface area is 222 Å². The van der Waals surface area contributed by atoms with E-state index in [4.69, 9.17) is 19.8 Å². The van der Waals surface area contributed by atoms with Crippen molar-refractivity contribution in [3.8, 4) is 0 Å². The van der Waals surface area contributed by atoms with E-state index in [2.05, 4.69) is 67.9 Å². The molecule has 3 heterocycles. The molecule has 5 rings (SSSR count). The summed E-state index contributed by atoms with van der Waals surface area (Å²) in [5.41, 5.74) is 3.72. The lowest BCUT2D eigenvalue weighted by molar-refractivity contribution is -0.159. The Kier molecular flexibility index (Phi) is 9.48. The van der Waals surface area contributed by atoms with Gasteiger partial charge in [-0.25, -0.2) is 14.6 Å². The molecule has 2 aliphatic rings. The number of aromatic nitrogens is 2. The monoisotopic (exact) mass is 520 g/mol. The number of nitrogens with zero attached hydrogens (tertiary/aromatic N) is 4. The highest BCUT2D eigenvalue weighted by molar-refractivity contribution is 6.27. The molecule has 0 aliphatic carbocycles. The number of rotatable bonds is 6. The summed E-state index contributed by atoms with van der Waals surface area (Å²) in [4.78, 5) is 40.1. The highest BCUT2D eigenvalue weighted by atomic mass is 16.4. The van der Waals surface area contributed by atoms with Crippen LogP contribution in [0.2, 0.25) is 0 Å². The Bertz CT molecular complexity index is 1200. The Hall–Kier alpha value is -3.72. The number of carbonyl (C=O) groups is 3. The summed E-state index contributed by atoms with van der Waals surface area (Å²) < 4.78 is 2.29. The molecule has 1 amide bonds. The second-order valence-electron chi connectivity index (χ2n) is 10.2. The van der Waals surface area contributed by atoms with Gasteiger partial charge in [0, 0.05) is 19.6 Å². The minimum absolute atomic E-state index is 0.321. The van der Waals surface area contributed by atoms with E-state index >= 15 is 0 Å². The molecule has 0 atom stereocenters. The molecule has 0 spiro atoms. The van der Waals surface area contributed by atoms with Crippen LogP contribution in [0, 0.1) is 11.8 Å². The summed E-state index contributed by atoms with van der Waals surface area (Å²) in [6, 6.07) is 19.1. The molecule has 0 bridgehead atoms. The molecule has 2 aromatic carbocycles. The Morgan fingerprint density at radius 1 is 0.789 bits per heavy atom. The zero-order valence-electron chi connectivity index (χ0n) is 21.6. The molecule has 0 saturated carbocycles. The Morgan fingerprint density at radius 2 is 1.39 bits per heavy atom. The third-order valence-electron chi connectivity index (χ3n) is 7.57. The minimum atomic E-state index is -1.82. The normalized spacial score (nSPS) is 17.1. The molecule has 9 heteroatoms. The lowest BCUT2D eigenvalue weighted by Gasteiger charge is -2.36. The summed E-state index contributed by atoms with van der Waals surface area (Å²) in [6.45, 7) is 5.49. The van der Waals surface area contributed by atoms with Gasteiger partial charge >= 0.3 is 11.9 Å². The van der Waals surface area contributed by atoms with E-state index in [0.717, 1.165) is 70.3 Å². The van der Waals surface area contributed by atoms with E-state index < -0.39 is 11.9 Å². The van der Waals surface area contributed by atoms with Gasteiger partial charge in [0.25, 0.3) is 0 Å². The zero-order valence-corrected chi connectivity index (χ0v) is 21.6. The van der Waals surface area contributed by atoms with Crippen molar-refractivity contribution in [1.29, 1.82) is 0 Å². The van der Waals surface area contributed by atoms with Gasteiger partial charge in [-0.1, -0.05) is 42.5 Å². The first kappa shape index (κ1) is 27.3. The van der Waals surface area contributed by atoms with Crippen LogP contribution in [-0.4, -0.2) is 80.1 Å². The van der Waals surface area contributed by atoms with Crippen molar-refractivity contribution in [3.63, 3.8) is 0 Å². The average Bonchev–Trinajstić information content (AvgIpc) is 3.34. The maximum Gasteiger partial charge on any atom is 0.414 e. The number of carbonyl (C=O) groups excluding carboxylic acids is 1. The van der Waals surface area contributed by atoms with Crippen molar-refractivity contribution < 1.29 is 24.6 Å². The number of imidazole rings is 1. The number of benzene rings is 2. The first-order valence-corrected chi connectivity index (χ1v) is 13.3. The highest BCUT2D eigenvalue weighted by Gasteiger charge is 2.26. The summed E-state index contributed by atoms with van der Waals surface area (Å²) in [6.07, 6.45) is 7.67. The lowest BCUT2D eigenvalue weighted by Crippen LogP contribution is -2.46. The minimum Gasteiger partial charge on any atom is -0.473 e. The number of carboxylic acid groups (broad SMARTS) is 2. The van der Waals surface area contributed by atoms with Gasteiger partial charge in [-0.3, -0.25) is 9.69 Å². The maximum atomic E-state index is 12.9. The molecule has 0 radical (unpaired) electrons. The Balaban J connectivity index is 0.000000505. The largest absolute Gasteiger partial charge is 0.473 e. The zero-order chi connectivity index (χ0) is 26.9. The SMILES string of the molecule is O=C(CN1CCC(Cn2cnc3ccccc32)CC1)N1CCC(Cc2ccccc2)CC1.O=C(O)C(=O)O. The van der Waals surface area contributed by atoms with Crippen molar-refractivity contribution >= 4 is 28.9 Å². The number of hydrogen-bond donors (Lipinski definition) is 2. The molecule has 2 N–H and O–H groups in total. The van der Waals surface area contributed by atoms with Crippen molar-refractivity contribution in [2.45, 2.75) is 38.6 Å². The van der Waals surface area contributed by atoms with Crippen LogP contribution in [-0.2, 0) is 27.3 Å². The first-order valence-electron chi connectivity index (χ1n) is 13.3. The third kappa shape index (κ3) is 7.64. The van der Waals surface area contributed by atoms with E-state index in [1.54, 1.807) is 0 Å².